The van der Waals surface area contributed by atoms with E-state index in [1.54, 1.807) is 6.07 Å². The number of benzene rings is 1. The summed E-state index contributed by atoms with van der Waals surface area (Å²) in [4.78, 5) is 0. The number of hydrogen-bond donors (Lipinski definition) is 2. The minimum absolute atomic E-state index is 0.00786. The second-order valence-electron chi connectivity index (χ2n) is 5.98. The van der Waals surface area contributed by atoms with Crippen LogP contribution in [0.25, 0.3) is 0 Å². The smallest absolute Gasteiger partial charge is 0.271 e. The molecular weight excluding hydrogens is 265 g/mol. The predicted molar refractivity (Wildman–Crippen MR) is 72.8 cm³/mol. The number of alkyl halides is 3. The van der Waals surface area contributed by atoms with Crippen molar-refractivity contribution >= 4 is 0 Å². The summed E-state index contributed by atoms with van der Waals surface area (Å²) >= 11 is 0. The molecule has 0 amide bonds. The zero-order chi connectivity index (χ0) is 14.8. The van der Waals surface area contributed by atoms with Gasteiger partial charge in [-0.3, -0.25) is 11.3 Å². The summed E-state index contributed by atoms with van der Waals surface area (Å²) in [5.41, 5.74) is 2.96. The molecule has 1 fully saturated rings. The van der Waals surface area contributed by atoms with Gasteiger partial charge in [-0.1, -0.05) is 38.0 Å². The van der Waals surface area contributed by atoms with Crippen LogP contribution in [0.4, 0.5) is 13.2 Å². The highest BCUT2D eigenvalue weighted by Gasteiger charge is 2.37. The molecule has 0 radical (unpaired) electrons. The molecule has 1 atom stereocenters. The van der Waals surface area contributed by atoms with Gasteiger partial charge in [0.2, 0.25) is 0 Å². The summed E-state index contributed by atoms with van der Waals surface area (Å²) in [6, 6.07) is 5.53. The molecule has 112 valence electrons. The van der Waals surface area contributed by atoms with Crippen LogP contribution in [0, 0.1) is 5.41 Å². The zero-order valence-corrected chi connectivity index (χ0v) is 11.6. The summed E-state index contributed by atoms with van der Waals surface area (Å²) in [5.74, 6) is 5.64. The standard InChI is InChI=1S/C15H21F3N2/c1-14(7-2-3-8-14)13(20-19)10-11-5-4-6-12(9-11)15(16,17)18/h4-6,9,13,20H,2-3,7-8,10,19H2,1H3. The van der Waals surface area contributed by atoms with Crippen LogP contribution in [-0.4, -0.2) is 6.04 Å². The lowest BCUT2D eigenvalue weighted by atomic mass is 9.78. The lowest BCUT2D eigenvalue weighted by Crippen LogP contribution is -2.47. The van der Waals surface area contributed by atoms with Crippen molar-refractivity contribution in [1.82, 2.24) is 5.43 Å². The summed E-state index contributed by atoms with van der Waals surface area (Å²) in [5, 5.41) is 0. The molecule has 1 aliphatic carbocycles. The van der Waals surface area contributed by atoms with Gasteiger partial charge in [0.1, 0.15) is 0 Å². The fourth-order valence-corrected chi connectivity index (χ4v) is 3.15. The lowest BCUT2D eigenvalue weighted by Gasteiger charge is -2.33. The van der Waals surface area contributed by atoms with Gasteiger partial charge in [-0.05, 0) is 36.3 Å². The fourth-order valence-electron chi connectivity index (χ4n) is 3.15. The van der Waals surface area contributed by atoms with Crippen LogP contribution in [0.3, 0.4) is 0 Å². The maximum atomic E-state index is 12.7. The highest BCUT2D eigenvalue weighted by Crippen LogP contribution is 2.41. The lowest BCUT2D eigenvalue weighted by molar-refractivity contribution is -0.137. The van der Waals surface area contributed by atoms with E-state index in [1.165, 1.54) is 12.1 Å². The molecule has 2 rings (SSSR count). The Morgan fingerprint density at radius 3 is 2.50 bits per heavy atom. The molecule has 0 spiro atoms. The van der Waals surface area contributed by atoms with E-state index in [-0.39, 0.29) is 11.5 Å². The van der Waals surface area contributed by atoms with E-state index >= 15 is 0 Å². The summed E-state index contributed by atoms with van der Waals surface area (Å²) in [6.45, 7) is 2.16. The van der Waals surface area contributed by atoms with E-state index in [0.717, 1.165) is 31.7 Å². The Bertz CT molecular complexity index is 451. The highest BCUT2D eigenvalue weighted by molar-refractivity contribution is 5.26. The molecule has 1 aromatic rings. The Labute approximate surface area is 117 Å². The third-order valence-corrected chi connectivity index (χ3v) is 4.48. The first-order valence-electron chi connectivity index (χ1n) is 6.97. The van der Waals surface area contributed by atoms with E-state index in [9.17, 15) is 13.2 Å². The van der Waals surface area contributed by atoms with Crippen molar-refractivity contribution in [2.75, 3.05) is 0 Å². The SMILES string of the molecule is CC1(C(Cc2cccc(C(F)(F)F)c2)NN)CCCC1. The van der Waals surface area contributed by atoms with E-state index < -0.39 is 11.7 Å². The van der Waals surface area contributed by atoms with Crippen molar-refractivity contribution in [3.05, 3.63) is 35.4 Å². The molecule has 0 bridgehead atoms. The maximum absolute atomic E-state index is 12.7. The summed E-state index contributed by atoms with van der Waals surface area (Å²) in [6.07, 6.45) is 0.700. The first kappa shape index (κ1) is 15.3. The number of hydrazine groups is 1. The fraction of sp³-hybridized carbons (Fsp3) is 0.600. The van der Waals surface area contributed by atoms with E-state index in [0.29, 0.717) is 12.0 Å². The van der Waals surface area contributed by atoms with E-state index in [1.807, 2.05) is 0 Å². The van der Waals surface area contributed by atoms with Crippen LogP contribution in [0.15, 0.2) is 24.3 Å². The maximum Gasteiger partial charge on any atom is 0.416 e. The topological polar surface area (TPSA) is 38.0 Å². The minimum atomic E-state index is -4.29. The van der Waals surface area contributed by atoms with Gasteiger partial charge in [0, 0.05) is 6.04 Å². The molecule has 2 nitrogen and oxygen atoms in total. The molecule has 1 unspecified atom stereocenters. The van der Waals surface area contributed by atoms with Crippen LogP contribution in [-0.2, 0) is 12.6 Å². The van der Waals surface area contributed by atoms with Crippen LogP contribution in [0.1, 0.15) is 43.7 Å². The number of halogens is 3. The average molecular weight is 286 g/mol. The molecule has 3 N–H and O–H groups in total. The number of nitrogens with two attached hydrogens (primary N) is 1. The Morgan fingerprint density at radius 2 is 1.95 bits per heavy atom. The van der Waals surface area contributed by atoms with Crippen molar-refractivity contribution in [2.45, 2.75) is 51.2 Å². The Hall–Kier alpha value is -1.07. The van der Waals surface area contributed by atoms with Gasteiger partial charge in [0.05, 0.1) is 5.56 Å². The number of rotatable bonds is 4. The molecule has 0 heterocycles. The van der Waals surface area contributed by atoms with Crippen molar-refractivity contribution < 1.29 is 13.2 Å². The van der Waals surface area contributed by atoms with Gasteiger partial charge in [-0.2, -0.15) is 13.2 Å². The van der Waals surface area contributed by atoms with E-state index in [4.69, 9.17) is 5.84 Å². The average Bonchev–Trinajstić information content (AvgIpc) is 2.83. The third-order valence-electron chi connectivity index (χ3n) is 4.48. The molecule has 1 aromatic carbocycles. The van der Waals surface area contributed by atoms with Crippen molar-refractivity contribution in [3.8, 4) is 0 Å². The summed E-state index contributed by atoms with van der Waals surface area (Å²) < 4.78 is 38.2. The monoisotopic (exact) mass is 286 g/mol. The van der Waals surface area contributed by atoms with Crippen LogP contribution >= 0.6 is 0 Å². The molecule has 20 heavy (non-hydrogen) atoms. The molecular formula is C15H21F3N2. The van der Waals surface area contributed by atoms with Gasteiger partial charge < -0.3 is 0 Å². The Balaban J connectivity index is 2.16. The van der Waals surface area contributed by atoms with Crippen molar-refractivity contribution in [1.29, 1.82) is 0 Å². The Kier molecular flexibility index (Phi) is 4.39. The van der Waals surface area contributed by atoms with Gasteiger partial charge in [-0.15, -0.1) is 0 Å². The normalized spacial score (nSPS) is 20.1. The Morgan fingerprint density at radius 1 is 1.30 bits per heavy atom. The molecule has 0 aliphatic heterocycles. The van der Waals surface area contributed by atoms with Gasteiger partial charge >= 0.3 is 6.18 Å². The largest absolute Gasteiger partial charge is 0.416 e. The molecule has 1 saturated carbocycles. The number of nitrogens with one attached hydrogen (secondary N) is 1. The van der Waals surface area contributed by atoms with E-state index in [2.05, 4.69) is 12.3 Å². The van der Waals surface area contributed by atoms with Crippen LogP contribution in [0.5, 0.6) is 0 Å². The predicted octanol–water partition coefficient (Wildman–Crippen LogP) is 3.66. The van der Waals surface area contributed by atoms with Crippen molar-refractivity contribution in [3.63, 3.8) is 0 Å². The minimum Gasteiger partial charge on any atom is -0.271 e. The van der Waals surface area contributed by atoms with Gasteiger partial charge in [-0.25, -0.2) is 0 Å². The molecule has 0 saturated heterocycles. The molecule has 5 heteroatoms. The molecule has 1 aliphatic rings. The second-order valence-corrected chi connectivity index (χ2v) is 5.98. The van der Waals surface area contributed by atoms with Crippen LogP contribution < -0.4 is 11.3 Å². The number of hydrogen-bond acceptors (Lipinski definition) is 2. The summed E-state index contributed by atoms with van der Waals surface area (Å²) in [7, 11) is 0. The van der Waals surface area contributed by atoms with Gasteiger partial charge in [0.15, 0.2) is 0 Å². The van der Waals surface area contributed by atoms with Crippen LogP contribution in [0.2, 0.25) is 0 Å². The van der Waals surface area contributed by atoms with Crippen molar-refractivity contribution in [2.24, 2.45) is 11.3 Å². The first-order chi connectivity index (χ1) is 9.35. The quantitative estimate of drug-likeness (QED) is 0.655. The third kappa shape index (κ3) is 3.33. The molecule has 0 aromatic heterocycles. The van der Waals surface area contributed by atoms with Gasteiger partial charge in [0.25, 0.3) is 0 Å². The highest BCUT2D eigenvalue weighted by atomic mass is 19.4. The zero-order valence-electron chi connectivity index (χ0n) is 11.6. The first-order valence-corrected chi connectivity index (χ1v) is 6.97. The second kappa shape index (κ2) is 5.74.